The van der Waals surface area contributed by atoms with E-state index in [0.717, 1.165) is 10.9 Å². The molecule has 0 saturated carbocycles. The summed E-state index contributed by atoms with van der Waals surface area (Å²) in [6, 6.07) is 1.88. The molecule has 2 rings (SSSR count). The lowest BCUT2D eigenvalue weighted by Crippen LogP contribution is -2.25. The number of nitrogens with zero attached hydrogens (tertiary/aromatic N) is 4. The molecule has 0 saturated heterocycles. The van der Waals surface area contributed by atoms with Gasteiger partial charge in [-0.2, -0.15) is 5.10 Å². The van der Waals surface area contributed by atoms with E-state index in [-0.39, 0.29) is 4.75 Å². The molecular formula is C12H16N4OS. The molecule has 0 spiro atoms. The first-order valence-corrected chi connectivity index (χ1v) is 6.72. The van der Waals surface area contributed by atoms with Gasteiger partial charge in [-0.15, -0.1) is 0 Å². The van der Waals surface area contributed by atoms with Crippen LogP contribution in [0.1, 0.15) is 26.5 Å². The van der Waals surface area contributed by atoms with Crippen LogP contribution in [0.2, 0.25) is 0 Å². The van der Waals surface area contributed by atoms with Gasteiger partial charge < -0.3 is 4.55 Å². The summed E-state index contributed by atoms with van der Waals surface area (Å²) in [6.45, 7) is 5.66. The lowest BCUT2D eigenvalue weighted by atomic mass is 10.3. The van der Waals surface area contributed by atoms with Crippen molar-refractivity contribution < 1.29 is 4.55 Å². The first-order chi connectivity index (χ1) is 8.38. The molecule has 2 aromatic heterocycles. The largest absolute Gasteiger partial charge is 0.591 e. The molecule has 18 heavy (non-hydrogen) atoms. The zero-order chi connectivity index (χ0) is 13.3. The van der Waals surface area contributed by atoms with E-state index in [0.29, 0.717) is 5.69 Å². The van der Waals surface area contributed by atoms with Gasteiger partial charge in [-0.1, -0.05) is 4.40 Å². The van der Waals surface area contributed by atoms with Crippen LogP contribution in [-0.2, 0) is 18.4 Å². The van der Waals surface area contributed by atoms with E-state index in [4.69, 9.17) is 0 Å². The molecule has 2 heterocycles. The van der Waals surface area contributed by atoms with E-state index in [1.54, 1.807) is 23.3 Å². The molecule has 0 radical (unpaired) electrons. The molecule has 6 heteroatoms. The molecule has 0 fully saturated rings. The maximum atomic E-state index is 11.8. The van der Waals surface area contributed by atoms with E-state index in [1.165, 1.54) is 0 Å². The highest BCUT2D eigenvalue weighted by Crippen LogP contribution is 2.17. The number of fused-ring (bicyclic) bond motifs is 1. The number of aromatic nitrogens is 3. The molecule has 0 bridgehead atoms. The van der Waals surface area contributed by atoms with Crippen molar-refractivity contribution in [2.75, 3.05) is 0 Å². The van der Waals surface area contributed by atoms with Gasteiger partial charge in [0.1, 0.15) is 22.3 Å². The van der Waals surface area contributed by atoms with Gasteiger partial charge in [0, 0.05) is 18.6 Å². The molecule has 0 aliphatic carbocycles. The fraction of sp³-hybridized carbons (Fsp3) is 0.417. The smallest absolute Gasteiger partial charge is 0.144 e. The third kappa shape index (κ3) is 2.70. The molecule has 1 unspecified atom stereocenters. The molecule has 0 amide bonds. The van der Waals surface area contributed by atoms with Crippen LogP contribution in [-0.4, -0.2) is 30.3 Å². The van der Waals surface area contributed by atoms with Gasteiger partial charge in [0.2, 0.25) is 0 Å². The molecule has 96 valence electrons. The topological polar surface area (TPSA) is 66.1 Å². The number of hydrogen-bond acceptors (Lipinski definition) is 4. The maximum absolute atomic E-state index is 11.8. The van der Waals surface area contributed by atoms with Crippen molar-refractivity contribution >= 4 is 28.5 Å². The van der Waals surface area contributed by atoms with E-state index in [1.807, 2.05) is 33.9 Å². The molecule has 0 aromatic carbocycles. The summed E-state index contributed by atoms with van der Waals surface area (Å²) in [7, 11) is 1.87. The maximum Gasteiger partial charge on any atom is 0.144 e. The lowest BCUT2D eigenvalue weighted by Gasteiger charge is -2.17. The minimum absolute atomic E-state index is 0.354. The Labute approximate surface area is 109 Å². The van der Waals surface area contributed by atoms with Crippen LogP contribution < -0.4 is 0 Å². The summed E-state index contributed by atoms with van der Waals surface area (Å²) in [5, 5.41) is 5.12. The predicted molar refractivity (Wildman–Crippen MR) is 74.0 cm³/mol. The van der Waals surface area contributed by atoms with Crippen molar-refractivity contribution in [2.24, 2.45) is 11.4 Å². The van der Waals surface area contributed by atoms with Crippen molar-refractivity contribution in [3.63, 3.8) is 0 Å². The highest BCUT2D eigenvalue weighted by atomic mass is 32.2. The van der Waals surface area contributed by atoms with E-state index < -0.39 is 11.4 Å². The van der Waals surface area contributed by atoms with E-state index in [2.05, 4.69) is 14.5 Å². The fourth-order valence-electron chi connectivity index (χ4n) is 1.39. The van der Waals surface area contributed by atoms with Gasteiger partial charge in [-0.3, -0.25) is 9.67 Å². The van der Waals surface area contributed by atoms with Gasteiger partial charge >= 0.3 is 0 Å². The summed E-state index contributed by atoms with van der Waals surface area (Å²) in [4.78, 5) is 4.24. The Bertz CT molecular complexity index is 585. The van der Waals surface area contributed by atoms with Gasteiger partial charge in [0.15, 0.2) is 0 Å². The molecule has 1 atom stereocenters. The van der Waals surface area contributed by atoms with Crippen LogP contribution in [0.25, 0.3) is 10.9 Å². The Balaban J connectivity index is 2.27. The molecule has 0 aliphatic heterocycles. The first-order valence-electron chi connectivity index (χ1n) is 5.62. The average molecular weight is 264 g/mol. The standard InChI is InChI=1S/C12H16N4OS/c1-12(2,3)18(17)15-8-10-5-11-9(6-13-10)7-14-16(11)4/h5-8H,1-4H3/b15-8+. The summed E-state index contributed by atoms with van der Waals surface area (Å²) in [6.07, 6.45) is 5.05. The highest BCUT2D eigenvalue weighted by molar-refractivity contribution is 7.91. The van der Waals surface area contributed by atoms with Crippen molar-refractivity contribution in [1.29, 1.82) is 0 Å². The molecule has 0 aliphatic rings. The highest BCUT2D eigenvalue weighted by Gasteiger charge is 2.25. The van der Waals surface area contributed by atoms with Gasteiger partial charge in [-0.05, 0) is 26.8 Å². The summed E-state index contributed by atoms with van der Waals surface area (Å²) in [5.41, 5.74) is 1.66. The average Bonchev–Trinajstić information content (AvgIpc) is 2.66. The first kappa shape index (κ1) is 13.0. The van der Waals surface area contributed by atoms with Crippen LogP contribution in [0.15, 0.2) is 22.9 Å². The number of aryl methyl sites for hydroxylation is 1. The van der Waals surface area contributed by atoms with Gasteiger partial charge in [-0.25, -0.2) is 0 Å². The SMILES string of the molecule is Cn1ncc2cnc(/C=N/[S+]([O-])C(C)(C)C)cc21. The minimum Gasteiger partial charge on any atom is -0.591 e. The normalized spacial score (nSPS) is 14.5. The van der Waals surface area contributed by atoms with E-state index >= 15 is 0 Å². The molecule has 0 N–H and O–H groups in total. The Morgan fingerprint density at radius 2 is 2.11 bits per heavy atom. The van der Waals surface area contributed by atoms with Gasteiger partial charge in [0.25, 0.3) is 0 Å². The summed E-state index contributed by atoms with van der Waals surface area (Å²) < 4.78 is 17.2. The summed E-state index contributed by atoms with van der Waals surface area (Å²) >= 11 is -1.26. The Morgan fingerprint density at radius 1 is 1.39 bits per heavy atom. The van der Waals surface area contributed by atoms with Gasteiger partial charge in [0.05, 0.1) is 17.4 Å². The van der Waals surface area contributed by atoms with Crippen molar-refractivity contribution in [3.8, 4) is 0 Å². The Morgan fingerprint density at radius 3 is 2.78 bits per heavy atom. The second kappa shape index (κ2) is 4.70. The van der Waals surface area contributed by atoms with Crippen LogP contribution >= 0.6 is 0 Å². The third-order valence-electron chi connectivity index (χ3n) is 2.46. The number of pyridine rings is 1. The zero-order valence-corrected chi connectivity index (χ0v) is 11.7. The lowest BCUT2D eigenvalue weighted by molar-refractivity contribution is 0.562. The van der Waals surface area contributed by atoms with Crippen LogP contribution in [0, 0.1) is 0 Å². The predicted octanol–water partition coefficient (Wildman–Crippen LogP) is 1.85. The third-order valence-corrected chi connectivity index (χ3v) is 3.80. The van der Waals surface area contributed by atoms with Crippen LogP contribution in [0.3, 0.4) is 0 Å². The monoisotopic (exact) mass is 264 g/mol. The quantitative estimate of drug-likeness (QED) is 0.614. The fourth-order valence-corrected chi connectivity index (χ4v) is 1.91. The summed E-state index contributed by atoms with van der Waals surface area (Å²) in [5.74, 6) is 0. The molecule has 2 aromatic rings. The number of hydrogen-bond donors (Lipinski definition) is 0. The second-order valence-electron chi connectivity index (χ2n) is 5.03. The van der Waals surface area contributed by atoms with Crippen LogP contribution in [0.4, 0.5) is 0 Å². The van der Waals surface area contributed by atoms with Crippen molar-refractivity contribution in [3.05, 3.63) is 24.2 Å². The van der Waals surface area contributed by atoms with Crippen molar-refractivity contribution in [1.82, 2.24) is 14.8 Å². The Kier molecular flexibility index (Phi) is 3.41. The van der Waals surface area contributed by atoms with E-state index in [9.17, 15) is 4.55 Å². The van der Waals surface area contributed by atoms with Crippen LogP contribution in [0.5, 0.6) is 0 Å². The Hall–Kier alpha value is -1.40. The number of rotatable bonds is 2. The minimum atomic E-state index is -1.26. The molecular weight excluding hydrogens is 248 g/mol. The molecule has 5 nitrogen and oxygen atoms in total. The second-order valence-corrected chi connectivity index (χ2v) is 6.97. The van der Waals surface area contributed by atoms with Crippen molar-refractivity contribution in [2.45, 2.75) is 25.5 Å². The zero-order valence-electron chi connectivity index (χ0n) is 10.9.